The van der Waals surface area contributed by atoms with Crippen molar-refractivity contribution in [3.05, 3.63) is 0 Å². The summed E-state index contributed by atoms with van der Waals surface area (Å²) in [4.78, 5) is 18.2. The molecular formula is C16H29N3O3. The van der Waals surface area contributed by atoms with Crippen molar-refractivity contribution in [3.63, 3.8) is 0 Å². The molecule has 1 amide bonds. The maximum absolute atomic E-state index is 12.0. The molecule has 2 rings (SSSR count). The summed E-state index contributed by atoms with van der Waals surface area (Å²) in [6, 6.07) is 0. The van der Waals surface area contributed by atoms with Crippen LogP contribution in [-0.4, -0.2) is 61.8 Å². The lowest BCUT2D eigenvalue weighted by molar-refractivity contribution is 0.0276. The summed E-state index contributed by atoms with van der Waals surface area (Å²) in [7, 11) is 0. The van der Waals surface area contributed by atoms with E-state index in [1.165, 1.54) is 12.8 Å². The Hall–Kier alpha value is -1.30. The fourth-order valence-electron chi connectivity index (χ4n) is 2.15. The summed E-state index contributed by atoms with van der Waals surface area (Å²) in [5.41, 5.74) is -0.460. The molecule has 6 heteroatoms. The van der Waals surface area contributed by atoms with Gasteiger partial charge in [0.2, 0.25) is 0 Å². The van der Waals surface area contributed by atoms with Gasteiger partial charge in [0.25, 0.3) is 0 Å². The Kier molecular flexibility index (Phi) is 6.06. The first-order chi connectivity index (χ1) is 10.4. The van der Waals surface area contributed by atoms with Gasteiger partial charge in [-0.05, 0) is 46.0 Å². The molecule has 0 radical (unpaired) electrons. The molecule has 126 valence electrons. The van der Waals surface area contributed by atoms with Gasteiger partial charge in [-0.3, -0.25) is 9.89 Å². The van der Waals surface area contributed by atoms with Crippen LogP contribution in [0.2, 0.25) is 0 Å². The molecule has 2 aliphatic rings. The highest BCUT2D eigenvalue weighted by Gasteiger charge is 2.25. The first-order valence-electron chi connectivity index (χ1n) is 8.27. The molecule has 1 aliphatic heterocycles. The van der Waals surface area contributed by atoms with Gasteiger partial charge in [-0.1, -0.05) is 0 Å². The fraction of sp³-hybridized carbons (Fsp3) is 0.875. The molecule has 1 fully saturated rings. The van der Waals surface area contributed by atoms with E-state index in [-0.39, 0.29) is 6.09 Å². The summed E-state index contributed by atoms with van der Waals surface area (Å²) in [5.74, 6) is 1.68. The van der Waals surface area contributed by atoms with Crippen LogP contribution in [0.15, 0.2) is 4.99 Å². The molecule has 0 aromatic carbocycles. The second-order valence-electron chi connectivity index (χ2n) is 7.03. The maximum Gasteiger partial charge on any atom is 0.410 e. The van der Waals surface area contributed by atoms with E-state index in [9.17, 15) is 4.79 Å². The lowest BCUT2D eigenvalue weighted by atomic mass is 10.2. The van der Waals surface area contributed by atoms with Gasteiger partial charge < -0.3 is 14.8 Å². The number of rotatable bonds is 6. The van der Waals surface area contributed by atoms with Crippen molar-refractivity contribution in [1.82, 2.24) is 10.2 Å². The Bertz CT molecular complexity index is 400. The van der Waals surface area contributed by atoms with Gasteiger partial charge in [0.1, 0.15) is 11.4 Å². The number of amidine groups is 1. The molecule has 0 aromatic rings. The predicted molar refractivity (Wildman–Crippen MR) is 86.3 cm³/mol. The van der Waals surface area contributed by atoms with E-state index in [1.807, 2.05) is 20.8 Å². The van der Waals surface area contributed by atoms with Crippen LogP contribution in [0.4, 0.5) is 4.79 Å². The Morgan fingerprint density at radius 2 is 2.18 bits per heavy atom. The van der Waals surface area contributed by atoms with Crippen LogP contribution in [0, 0.1) is 5.92 Å². The molecule has 0 unspecified atom stereocenters. The van der Waals surface area contributed by atoms with Crippen LogP contribution >= 0.6 is 0 Å². The molecule has 1 N–H and O–H groups in total. The van der Waals surface area contributed by atoms with Crippen molar-refractivity contribution in [2.24, 2.45) is 10.9 Å². The minimum Gasteiger partial charge on any atom is -0.444 e. The zero-order valence-corrected chi connectivity index (χ0v) is 14.1. The van der Waals surface area contributed by atoms with E-state index >= 15 is 0 Å². The van der Waals surface area contributed by atoms with Crippen molar-refractivity contribution in [1.29, 1.82) is 0 Å². The number of nitrogens with zero attached hydrogens (tertiary/aromatic N) is 2. The monoisotopic (exact) mass is 311 g/mol. The molecule has 6 nitrogen and oxygen atoms in total. The van der Waals surface area contributed by atoms with Gasteiger partial charge in [-0.15, -0.1) is 0 Å². The third-order valence-corrected chi connectivity index (χ3v) is 3.51. The topological polar surface area (TPSA) is 63.2 Å². The summed E-state index contributed by atoms with van der Waals surface area (Å²) >= 11 is 0. The van der Waals surface area contributed by atoms with Crippen molar-refractivity contribution >= 4 is 11.9 Å². The summed E-state index contributed by atoms with van der Waals surface area (Å²) < 4.78 is 11.0. The molecule has 0 saturated heterocycles. The second-order valence-corrected chi connectivity index (χ2v) is 7.03. The molecule has 0 atom stereocenters. The van der Waals surface area contributed by atoms with Gasteiger partial charge in [-0.25, -0.2) is 4.79 Å². The van der Waals surface area contributed by atoms with Crippen LogP contribution < -0.4 is 5.32 Å². The zero-order valence-electron chi connectivity index (χ0n) is 14.1. The van der Waals surface area contributed by atoms with E-state index in [1.54, 1.807) is 4.90 Å². The van der Waals surface area contributed by atoms with Crippen molar-refractivity contribution in [2.75, 3.05) is 39.4 Å². The molecule has 0 spiro atoms. The molecule has 1 saturated carbocycles. The smallest absolute Gasteiger partial charge is 0.410 e. The molecule has 0 aromatic heterocycles. The third kappa shape index (κ3) is 6.64. The lowest BCUT2D eigenvalue weighted by Gasteiger charge is -2.29. The number of amides is 1. The number of hydrogen-bond acceptors (Lipinski definition) is 5. The summed E-state index contributed by atoms with van der Waals surface area (Å²) in [6.45, 7) is 9.89. The molecule has 1 aliphatic carbocycles. The van der Waals surface area contributed by atoms with E-state index in [0.29, 0.717) is 19.6 Å². The van der Waals surface area contributed by atoms with Crippen LogP contribution in [0.1, 0.15) is 40.0 Å². The van der Waals surface area contributed by atoms with Crippen LogP contribution in [0.3, 0.4) is 0 Å². The number of nitrogens with one attached hydrogen (secondary N) is 1. The normalized spacial score (nSPS) is 18.9. The highest BCUT2D eigenvalue weighted by atomic mass is 16.6. The standard InChI is InChI=1S/C16H29N3O3/c1-16(2,3)22-15(20)19-9-8-18-14(11-19)17-7-4-10-21-12-13-5-6-13/h13H,4-12H2,1-3H3,(H,17,18). The number of carbonyl (C=O) groups is 1. The zero-order chi connectivity index (χ0) is 16.0. The maximum atomic E-state index is 12.0. The second kappa shape index (κ2) is 7.81. The minimum absolute atomic E-state index is 0.269. The number of ether oxygens (including phenoxy) is 2. The third-order valence-electron chi connectivity index (χ3n) is 3.51. The molecule has 22 heavy (non-hydrogen) atoms. The first kappa shape index (κ1) is 17.1. The van der Waals surface area contributed by atoms with Gasteiger partial charge in [0.05, 0.1) is 13.1 Å². The highest BCUT2D eigenvalue weighted by molar-refractivity contribution is 5.87. The van der Waals surface area contributed by atoms with Gasteiger partial charge in [0.15, 0.2) is 0 Å². The van der Waals surface area contributed by atoms with E-state index < -0.39 is 5.60 Å². The largest absolute Gasteiger partial charge is 0.444 e. The van der Waals surface area contributed by atoms with Crippen molar-refractivity contribution in [2.45, 2.75) is 45.6 Å². The van der Waals surface area contributed by atoms with Gasteiger partial charge in [-0.2, -0.15) is 0 Å². The summed E-state index contributed by atoms with van der Waals surface area (Å²) in [5, 5.41) is 3.29. The van der Waals surface area contributed by atoms with Crippen LogP contribution in [0.5, 0.6) is 0 Å². The highest BCUT2D eigenvalue weighted by Crippen LogP contribution is 2.28. The quantitative estimate of drug-likeness (QED) is 0.763. The van der Waals surface area contributed by atoms with Crippen molar-refractivity contribution < 1.29 is 14.3 Å². The number of aliphatic imine (C=N–C) groups is 1. The number of carbonyl (C=O) groups excluding carboxylic acids is 1. The van der Waals surface area contributed by atoms with E-state index in [0.717, 1.165) is 37.9 Å². The predicted octanol–water partition coefficient (Wildman–Crippen LogP) is 2.04. The molecular weight excluding hydrogens is 282 g/mol. The average molecular weight is 311 g/mol. The van der Waals surface area contributed by atoms with E-state index in [4.69, 9.17) is 9.47 Å². The fourth-order valence-corrected chi connectivity index (χ4v) is 2.15. The summed E-state index contributed by atoms with van der Waals surface area (Å²) in [6.07, 6.45) is 3.35. The van der Waals surface area contributed by atoms with Gasteiger partial charge >= 0.3 is 6.09 Å². The first-order valence-corrected chi connectivity index (χ1v) is 8.27. The molecule has 1 heterocycles. The Labute approximate surface area is 133 Å². The number of hydrogen-bond donors (Lipinski definition) is 1. The Balaban J connectivity index is 1.60. The van der Waals surface area contributed by atoms with Gasteiger partial charge in [0, 0.05) is 26.3 Å². The van der Waals surface area contributed by atoms with Crippen LogP contribution in [0.25, 0.3) is 0 Å². The Morgan fingerprint density at radius 1 is 1.41 bits per heavy atom. The SMILES string of the molecule is CC(C)(C)OC(=O)N1CCN=C(NCCCOCC2CC2)C1. The minimum atomic E-state index is -0.460. The molecule has 0 bridgehead atoms. The van der Waals surface area contributed by atoms with Crippen LogP contribution in [-0.2, 0) is 9.47 Å². The lowest BCUT2D eigenvalue weighted by Crippen LogP contribution is -2.47. The van der Waals surface area contributed by atoms with Crippen molar-refractivity contribution in [3.8, 4) is 0 Å². The Morgan fingerprint density at radius 3 is 2.86 bits per heavy atom. The van der Waals surface area contributed by atoms with E-state index in [2.05, 4.69) is 10.3 Å². The average Bonchev–Trinajstić information content (AvgIpc) is 3.25.